The lowest BCUT2D eigenvalue weighted by atomic mass is 9.45. The van der Waals surface area contributed by atoms with Gasteiger partial charge < -0.3 is 15.3 Å². The van der Waals surface area contributed by atoms with Gasteiger partial charge >= 0.3 is 5.97 Å². The summed E-state index contributed by atoms with van der Waals surface area (Å²) in [6.07, 6.45) is 6.00. The molecule has 0 aliphatic heterocycles. The van der Waals surface area contributed by atoms with Gasteiger partial charge in [0.15, 0.2) is 0 Å². The highest BCUT2D eigenvalue weighted by atomic mass is 16.4. The van der Waals surface area contributed by atoms with Crippen LogP contribution in [0.15, 0.2) is 11.6 Å². The summed E-state index contributed by atoms with van der Waals surface area (Å²) >= 11 is 0. The number of allylic oxidation sites excluding steroid dienone is 1. The lowest BCUT2D eigenvalue weighted by Crippen LogP contribution is -2.59. The van der Waals surface area contributed by atoms with Gasteiger partial charge in [-0.15, -0.1) is 0 Å². The number of hydrogen-bond acceptors (Lipinski definition) is 3. The molecule has 3 N–H and O–H groups in total. The van der Waals surface area contributed by atoms with Crippen molar-refractivity contribution in [3.63, 3.8) is 0 Å². The summed E-state index contributed by atoms with van der Waals surface area (Å²) in [4.78, 5) is 12.0. The van der Waals surface area contributed by atoms with Gasteiger partial charge in [-0.25, -0.2) is 0 Å². The van der Waals surface area contributed by atoms with Crippen molar-refractivity contribution in [3.05, 3.63) is 11.6 Å². The molecule has 2 saturated carbocycles. The van der Waals surface area contributed by atoms with Crippen molar-refractivity contribution >= 4 is 5.97 Å². The van der Waals surface area contributed by atoms with E-state index in [1.807, 2.05) is 20.8 Å². The third kappa shape index (κ3) is 2.22. The Morgan fingerprint density at radius 1 is 1.25 bits per heavy atom. The van der Waals surface area contributed by atoms with E-state index in [4.69, 9.17) is 0 Å². The molecule has 0 heterocycles. The largest absolute Gasteiger partial charge is 0.481 e. The zero-order valence-corrected chi connectivity index (χ0v) is 15.4. The highest BCUT2D eigenvalue weighted by molar-refractivity contribution is 5.75. The van der Waals surface area contributed by atoms with Crippen molar-refractivity contribution in [1.29, 1.82) is 0 Å². The fourth-order valence-electron chi connectivity index (χ4n) is 6.10. The molecule has 0 aromatic rings. The predicted octanol–water partition coefficient (Wildman–Crippen LogP) is 3.37. The predicted molar refractivity (Wildman–Crippen MR) is 92.4 cm³/mol. The van der Waals surface area contributed by atoms with Gasteiger partial charge in [0.2, 0.25) is 0 Å². The number of fused-ring (bicyclic) bond motifs is 3. The van der Waals surface area contributed by atoms with E-state index in [0.29, 0.717) is 12.8 Å². The van der Waals surface area contributed by atoms with E-state index in [9.17, 15) is 20.1 Å². The SMILES string of the molecule is CC(C)[C@@]1(O)CC[C@H]2C(=CC[C@@H]3[C@]2(C)CCC[C@@]3(C)C(=O)O)[C@@H]1O. The van der Waals surface area contributed by atoms with Crippen molar-refractivity contribution in [2.45, 2.75) is 77.9 Å². The van der Waals surface area contributed by atoms with Crippen LogP contribution in [0.4, 0.5) is 0 Å². The van der Waals surface area contributed by atoms with Gasteiger partial charge in [-0.2, -0.15) is 0 Å². The number of rotatable bonds is 2. The first-order valence-electron chi connectivity index (χ1n) is 9.41. The molecule has 3 aliphatic rings. The Balaban J connectivity index is 2.01. The quantitative estimate of drug-likeness (QED) is 0.676. The Labute approximate surface area is 145 Å². The van der Waals surface area contributed by atoms with Crippen LogP contribution in [0.2, 0.25) is 0 Å². The fraction of sp³-hybridized carbons (Fsp3) is 0.850. The minimum Gasteiger partial charge on any atom is -0.481 e. The Morgan fingerprint density at radius 3 is 2.50 bits per heavy atom. The number of aliphatic hydroxyl groups is 2. The highest BCUT2D eigenvalue weighted by Gasteiger charge is 2.60. The summed E-state index contributed by atoms with van der Waals surface area (Å²) in [6, 6.07) is 0. The normalized spacial score (nSPS) is 48.5. The second kappa shape index (κ2) is 5.57. The molecule has 0 radical (unpaired) electrons. The van der Waals surface area contributed by atoms with Crippen LogP contribution in [-0.2, 0) is 4.79 Å². The van der Waals surface area contributed by atoms with Crippen molar-refractivity contribution < 1.29 is 20.1 Å². The molecule has 0 spiro atoms. The molecular weight excluding hydrogens is 304 g/mol. The molecular formula is C20H32O4. The maximum absolute atomic E-state index is 12.0. The van der Waals surface area contributed by atoms with E-state index in [1.165, 1.54) is 0 Å². The van der Waals surface area contributed by atoms with Gasteiger partial charge in [-0.05, 0) is 67.8 Å². The second-order valence-corrected chi connectivity index (χ2v) is 9.21. The Kier molecular flexibility index (Phi) is 4.16. The number of aliphatic carboxylic acids is 1. The molecule has 0 bridgehead atoms. The lowest BCUT2D eigenvalue weighted by Gasteiger charge is -2.59. The Morgan fingerprint density at radius 2 is 1.92 bits per heavy atom. The van der Waals surface area contributed by atoms with Crippen molar-refractivity contribution in [2.75, 3.05) is 0 Å². The number of hydrogen-bond donors (Lipinski definition) is 3. The zero-order valence-electron chi connectivity index (χ0n) is 15.4. The van der Waals surface area contributed by atoms with E-state index in [-0.39, 0.29) is 23.2 Å². The first-order valence-corrected chi connectivity index (χ1v) is 9.41. The third-order valence-electron chi connectivity index (χ3n) is 7.88. The van der Waals surface area contributed by atoms with Gasteiger partial charge in [0.05, 0.1) is 11.0 Å². The van der Waals surface area contributed by atoms with E-state index in [1.54, 1.807) is 0 Å². The summed E-state index contributed by atoms with van der Waals surface area (Å²) in [5.41, 5.74) is -0.887. The van der Waals surface area contributed by atoms with Gasteiger partial charge in [0.25, 0.3) is 0 Å². The van der Waals surface area contributed by atoms with Crippen LogP contribution in [0.1, 0.15) is 66.2 Å². The van der Waals surface area contributed by atoms with E-state index in [2.05, 4.69) is 13.0 Å². The molecule has 0 aromatic heterocycles. The van der Waals surface area contributed by atoms with E-state index in [0.717, 1.165) is 31.3 Å². The summed E-state index contributed by atoms with van der Waals surface area (Å²) in [5.74, 6) is -0.410. The van der Waals surface area contributed by atoms with Crippen LogP contribution in [0.25, 0.3) is 0 Å². The van der Waals surface area contributed by atoms with Gasteiger partial charge in [-0.1, -0.05) is 33.3 Å². The molecule has 4 heteroatoms. The minimum atomic E-state index is -1.06. The average Bonchev–Trinajstić information content (AvgIpc) is 2.50. The van der Waals surface area contributed by atoms with Crippen molar-refractivity contribution in [3.8, 4) is 0 Å². The van der Waals surface area contributed by atoms with Crippen LogP contribution < -0.4 is 0 Å². The molecule has 6 atom stereocenters. The first kappa shape index (κ1) is 17.9. The second-order valence-electron chi connectivity index (χ2n) is 9.21. The van der Waals surface area contributed by atoms with Crippen LogP contribution in [0.3, 0.4) is 0 Å². The molecule has 3 rings (SSSR count). The number of carbonyl (C=O) groups is 1. The maximum Gasteiger partial charge on any atom is 0.309 e. The summed E-state index contributed by atoms with van der Waals surface area (Å²) < 4.78 is 0. The summed E-state index contributed by atoms with van der Waals surface area (Å²) in [7, 11) is 0. The summed E-state index contributed by atoms with van der Waals surface area (Å²) in [6.45, 7) is 8.04. The molecule has 0 aromatic carbocycles. The standard InChI is InChI=1S/C20H32O4/c1-12(2)20(24)11-8-14-13(16(20)21)6-7-15-18(14,3)9-5-10-19(15,4)17(22)23/h6,12,14-16,21,24H,5,7-11H2,1-4H3,(H,22,23)/t14-,15+,16-,18+,19+,20-/m0/s1. The number of aliphatic hydroxyl groups excluding tert-OH is 1. The topological polar surface area (TPSA) is 77.8 Å². The van der Waals surface area contributed by atoms with Crippen LogP contribution in [-0.4, -0.2) is 33.0 Å². The Hall–Kier alpha value is -0.870. The maximum atomic E-state index is 12.0. The lowest BCUT2D eigenvalue weighted by molar-refractivity contribution is -0.168. The number of carboxylic acids is 1. The smallest absolute Gasteiger partial charge is 0.309 e. The average molecular weight is 336 g/mol. The highest BCUT2D eigenvalue weighted by Crippen LogP contribution is 2.63. The molecule has 3 aliphatic carbocycles. The van der Waals surface area contributed by atoms with Gasteiger partial charge in [0, 0.05) is 0 Å². The van der Waals surface area contributed by atoms with E-state index >= 15 is 0 Å². The molecule has 136 valence electrons. The monoisotopic (exact) mass is 336 g/mol. The Bertz CT molecular complexity index is 568. The van der Waals surface area contributed by atoms with Crippen molar-refractivity contribution in [2.24, 2.45) is 28.6 Å². The van der Waals surface area contributed by atoms with Gasteiger partial charge in [0.1, 0.15) is 6.10 Å². The minimum absolute atomic E-state index is 0.00415. The molecule has 24 heavy (non-hydrogen) atoms. The van der Waals surface area contributed by atoms with Crippen LogP contribution >= 0.6 is 0 Å². The van der Waals surface area contributed by atoms with E-state index < -0.39 is 23.1 Å². The molecule has 0 amide bonds. The number of carboxylic acid groups (broad SMARTS) is 1. The van der Waals surface area contributed by atoms with Gasteiger partial charge in [-0.3, -0.25) is 4.79 Å². The molecule has 0 unspecified atom stereocenters. The van der Waals surface area contributed by atoms with Crippen LogP contribution in [0.5, 0.6) is 0 Å². The summed E-state index contributed by atoms with van der Waals surface area (Å²) in [5, 5.41) is 31.7. The fourth-order valence-corrected chi connectivity index (χ4v) is 6.10. The van der Waals surface area contributed by atoms with Crippen molar-refractivity contribution in [1.82, 2.24) is 0 Å². The molecule has 4 nitrogen and oxygen atoms in total. The zero-order chi connectivity index (χ0) is 17.9. The molecule has 2 fully saturated rings. The first-order chi connectivity index (χ1) is 11.1. The third-order valence-corrected chi connectivity index (χ3v) is 7.88. The van der Waals surface area contributed by atoms with Crippen LogP contribution in [0, 0.1) is 28.6 Å². The molecule has 0 saturated heterocycles.